The van der Waals surface area contributed by atoms with E-state index in [9.17, 15) is 9.59 Å². The van der Waals surface area contributed by atoms with E-state index in [2.05, 4.69) is 22.9 Å². The summed E-state index contributed by atoms with van der Waals surface area (Å²) >= 11 is 5.26. The molecule has 0 heterocycles. The van der Waals surface area contributed by atoms with Crippen LogP contribution in [-0.2, 0) is 4.79 Å². The minimum absolute atomic E-state index is 0.0598. The molecule has 0 aliphatic rings. The van der Waals surface area contributed by atoms with E-state index in [-0.39, 0.29) is 16.9 Å². The number of ether oxygens (including phenoxy) is 2. The van der Waals surface area contributed by atoms with Crippen molar-refractivity contribution >= 4 is 40.5 Å². The van der Waals surface area contributed by atoms with Crippen molar-refractivity contribution in [2.45, 2.75) is 46.0 Å². The average molecular weight is 458 g/mol. The van der Waals surface area contributed by atoms with Crippen molar-refractivity contribution in [3.63, 3.8) is 0 Å². The van der Waals surface area contributed by atoms with Gasteiger partial charge in [-0.05, 0) is 61.5 Å². The summed E-state index contributed by atoms with van der Waals surface area (Å²) in [5.41, 5.74) is 1.67. The van der Waals surface area contributed by atoms with Gasteiger partial charge in [-0.1, -0.05) is 26.7 Å². The van der Waals surface area contributed by atoms with Crippen LogP contribution >= 0.6 is 12.2 Å². The van der Waals surface area contributed by atoms with Crippen LogP contribution in [0, 0.1) is 0 Å². The zero-order chi connectivity index (χ0) is 23.3. The fraction of sp³-hybridized carbons (Fsp3) is 0.375. The van der Waals surface area contributed by atoms with Crippen molar-refractivity contribution < 1.29 is 19.1 Å². The number of amides is 2. The summed E-state index contributed by atoms with van der Waals surface area (Å²) < 4.78 is 11.0. The highest BCUT2D eigenvalue weighted by Crippen LogP contribution is 2.28. The lowest BCUT2D eigenvalue weighted by molar-refractivity contribution is -0.116. The SMILES string of the molecule is CCCCOc1ccc(C(=O)NC(=S)Nc2ccc(NC(=O)CCCC)c(OC)c2)cc1. The first-order valence-corrected chi connectivity index (χ1v) is 11.2. The van der Waals surface area contributed by atoms with E-state index in [0.29, 0.717) is 35.7 Å². The highest BCUT2D eigenvalue weighted by atomic mass is 32.1. The molecule has 0 unspecified atom stereocenters. The molecule has 7 nitrogen and oxygen atoms in total. The number of carbonyl (C=O) groups excluding carboxylic acids is 2. The summed E-state index contributed by atoms with van der Waals surface area (Å²) in [6.45, 7) is 4.79. The minimum atomic E-state index is -0.325. The number of benzene rings is 2. The highest BCUT2D eigenvalue weighted by Gasteiger charge is 2.11. The number of hydrogen-bond acceptors (Lipinski definition) is 5. The molecule has 0 saturated heterocycles. The van der Waals surface area contributed by atoms with E-state index in [4.69, 9.17) is 21.7 Å². The Labute approximate surface area is 194 Å². The molecule has 2 aromatic rings. The first-order chi connectivity index (χ1) is 15.5. The van der Waals surface area contributed by atoms with Gasteiger partial charge in [0.1, 0.15) is 11.5 Å². The summed E-state index contributed by atoms with van der Waals surface area (Å²) in [5.74, 6) is 0.835. The number of thiocarbonyl (C=S) groups is 1. The zero-order valence-corrected chi connectivity index (χ0v) is 19.6. The highest BCUT2D eigenvalue weighted by molar-refractivity contribution is 7.80. The van der Waals surface area contributed by atoms with Crippen molar-refractivity contribution in [3.8, 4) is 11.5 Å². The molecular weight excluding hydrogens is 426 g/mol. The van der Waals surface area contributed by atoms with E-state index in [1.165, 1.54) is 7.11 Å². The molecular formula is C24H31N3O4S. The van der Waals surface area contributed by atoms with Gasteiger partial charge >= 0.3 is 0 Å². The topological polar surface area (TPSA) is 88.7 Å². The maximum absolute atomic E-state index is 12.5. The average Bonchev–Trinajstić information content (AvgIpc) is 2.79. The largest absolute Gasteiger partial charge is 0.494 e. The zero-order valence-electron chi connectivity index (χ0n) is 18.8. The van der Waals surface area contributed by atoms with Gasteiger partial charge in [0, 0.05) is 23.7 Å². The van der Waals surface area contributed by atoms with Crippen LogP contribution < -0.4 is 25.4 Å². The monoisotopic (exact) mass is 457 g/mol. The Balaban J connectivity index is 1.92. The molecule has 0 bridgehead atoms. The molecule has 0 fully saturated rings. The van der Waals surface area contributed by atoms with Crippen LogP contribution in [0.1, 0.15) is 56.3 Å². The van der Waals surface area contributed by atoms with Crippen LogP contribution in [0.15, 0.2) is 42.5 Å². The summed E-state index contributed by atoms with van der Waals surface area (Å²) in [6.07, 6.45) is 4.29. The third-order valence-electron chi connectivity index (χ3n) is 4.60. The smallest absolute Gasteiger partial charge is 0.257 e. The Morgan fingerprint density at radius 3 is 2.34 bits per heavy atom. The summed E-state index contributed by atoms with van der Waals surface area (Å²) in [6, 6.07) is 12.1. The summed E-state index contributed by atoms with van der Waals surface area (Å²) in [4.78, 5) is 24.4. The van der Waals surface area contributed by atoms with Gasteiger partial charge in [-0.15, -0.1) is 0 Å². The third-order valence-corrected chi connectivity index (χ3v) is 4.81. The predicted molar refractivity (Wildman–Crippen MR) is 132 cm³/mol. The standard InChI is InChI=1S/C24H31N3O4S/c1-4-6-8-22(28)26-20-14-11-18(16-21(20)30-3)25-24(32)27-23(29)17-9-12-19(13-10-17)31-15-7-5-2/h9-14,16H,4-8,15H2,1-3H3,(H,26,28)(H2,25,27,29,32). The number of methoxy groups -OCH3 is 1. The van der Waals surface area contributed by atoms with Crippen molar-refractivity contribution in [2.24, 2.45) is 0 Å². The van der Waals surface area contributed by atoms with Gasteiger partial charge < -0.3 is 20.1 Å². The van der Waals surface area contributed by atoms with Gasteiger partial charge in [0.15, 0.2) is 5.11 Å². The Kier molecular flexibility index (Phi) is 10.5. The second-order valence-electron chi connectivity index (χ2n) is 7.20. The van der Waals surface area contributed by atoms with Gasteiger partial charge in [0.2, 0.25) is 5.91 Å². The number of anilines is 2. The second-order valence-corrected chi connectivity index (χ2v) is 7.61. The second kappa shape index (κ2) is 13.3. The molecule has 2 rings (SSSR count). The number of unbranched alkanes of at least 4 members (excludes halogenated alkanes) is 2. The Bertz CT molecular complexity index is 916. The van der Waals surface area contributed by atoms with Crippen molar-refractivity contribution in [3.05, 3.63) is 48.0 Å². The maximum Gasteiger partial charge on any atom is 0.257 e. The van der Waals surface area contributed by atoms with Crippen LogP contribution in [0.4, 0.5) is 11.4 Å². The molecule has 3 N–H and O–H groups in total. The lowest BCUT2D eigenvalue weighted by atomic mass is 10.2. The minimum Gasteiger partial charge on any atom is -0.494 e. The fourth-order valence-corrected chi connectivity index (χ4v) is 3.01. The number of hydrogen-bond donors (Lipinski definition) is 3. The number of nitrogens with one attached hydrogen (secondary N) is 3. The van der Waals surface area contributed by atoms with E-state index >= 15 is 0 Å². The lowest BCUT2D eigenvalue weighted by Crippen LogP contribution is -2.34. The third kappa shape index (κ3) is 8.19. The van der Waals surface area contributed by atoms with Gasteiger partial charge in [0.25, 0.3) is 5.91 Å². The summed E-state index contributed by atoms with van der Waals surface area (Å²) in [7, 11) is 1.52. The van der Waals surface area contributed by atoms with Crippen LogP contribution in [-0.4, -0.2) is 30.6 Å². The van der Waals surface area contributed by atoms with Gasteiger partial charge in [0.05, 0.1) is 19.4 Å². The molecule has 0 saturated carbocycles. The first-order valence-electron chi connectivity index (χ1n) is 10.8. The van der Waals surface area contributed by atoms with Gasteiger partial charge in [-0.3, -0.25) is 14.9 Å². The van der Waals surface area contributed by atoms with Crippen LogP contribution in [0.2, 0.25) is 0 Å². The molecule has 0 aliphatic heterocycles. The molecule has 8 heteroatoms. The van der Waals surface area contributed by atoms with E-state index < -0.39 is 0 Å². The lowest BCUT2D eigenvalue weighted by Gasteiger charge is -2.14. The molecule has 0 aromatic heterocycles. The van der Waals surface area contributed by atoms with E-state index in [1.807, 2.05) is 6.92 Å². The van der Waals surface area contributed by atoms with Crippen LogP contribution in [0.25, 0.3) is 0 Å². The van der Waals surface area contributed by atoms with Crippen molar-refractivity contribution in [2.75, 3.05) is 24.4 Å². The quantitative estimate of drug-likeness (QED) is 0.320. The van der Waals surface area contributed by atoms with Gasteiger partial charge in [-0.25, -0.2) is 0 Å². The molecule has 2 amide bonds. The molecule has 0 atom stereocenters. The molecule has 2 aromatic carbocycles. The molecule has 0 radical (unpaired) electrons. The Hall–Kier alpha value is -3.13. The van der Waals surface area contributed by atoms with E-state index in [1.54, 1.807) is 42.5 Å². The normalized spacial score (nSPS) is 10.2. The van der Waals surface area contributed by atoms with Crippen LogP contribution in [0.3, 0.4) is 0 Å². The van der Waals surface area contributed by atoms with Gasteiger partial charge in [-0.2, -0.15) is 0 Å². The summed E-state index contributed by atoms with van der Waals surface area (Å²) in [5, 5.41) is 8.61. The predicted octanol–water partition coefficient (Wildman–Crippen LogP) is 5.13. The van der Waals surface area contributed by atoms with E-state index in [0.717, 1.165) is 31.4 Å². The molecule has 0 spiro atoms. The molecule has 172 valence electrons. The van der Waals surface area contributed by atoms with Crippen molar-refractivity contribution in [1.82, 2.24) is 5.32 Å². The Morgan fingerprint density at radius 1 is 0.969 bits per heavy atom. The first kappa shape index (κ1) is 25.1. The molecule has 0 aliphatic carbocycles. The van der Waals surface area contributed by atoms with Crippen molar-refractivity contribution in [1.29, 1.82) is 0 Å². The fourth-order valence-electron chi connectivity index (χ4n) is 2.80. The Morgan fingerprint density at radius 2 is 1.69 bits per heavy atom. The number of carbonyl (C=O) groups is 2. The van der Waals surface area contributed by atoms with Crippen LogP contribution in [0.5, 0.6) is 11.5 Å². The molecule has 32 heavy (non-hydrogen) atoms. The maximum atomic E-state index is 12.5. The number of rotatable bonds is 11.